The van der Waals surface area contributed by atoms with E-state index in [1.54, 1.807) is 0 Å². The monoisotopic (exact) mass is 359 g/mol. The van der Waals surface area contributed by atoms with Crippen molar-refractivity contribution in [3.63, 3.8) is 0 Å². The number of piperidine rings is 1. The SMILES string of the molecule is Cc1ccc(-c2nnc(S[C@@H](C)C(=O)N3[C@H](C)CCC[C@@H]3C)o2)cc1. The molecule has 5 nitrogen and oxygen atoms in total. The summed E-state index contributed by atoms with van der Waals surface area (Å²) in [5.41, 5.74) is 2.07. The van der Waals surface area contributed by atoms with Gasteiger partial charge in [0.05, 0.1) is 5.25 Å². The van der Waals surface area contributed by atoms with Crippen molar-refractivity contribution < 1.29 is 9.21 Å². The fraction of sp³-hybridized carbons (Fsp3) is 0.526. The minimum atomic E-state index is -0.241. The lowest BCUT2D eigenvalue weighted by Crippen LogP contribution is -2.50. The fourth-order valence-corrected chi connectivity index (χ4v) is 4.08. The summed E-state index contributed by atoms with van der Waals surface area (Å²) >= 11 is 1.34. The van der Waals surface area contributed by atoms with Gasteiger partial charge >= 0.3 is 0 Å². The van der Waals surface area contributed by atoms with Crippen molar-refractivity contribution in [3.8, 4) is 11.5 Å². The lowest BCUT2D eigenvalue weighted by molar-refractivity contribution is -0.136. The van der Waals surface area contributed by atoms with E-state index in [1.165, 1.54) is 23.7 Å². The molecule has 1 saturated heterocycles. The van der Waals surface area contributed by atoms with E-state index in [9.17, 15) is 4.79 Å². The summed E-state index contributed by atoms with van der Waals surface area (Å²) in [5, 5.41) is 8.40. The van der Waals surface area contributed by atoms with Crippen LogP contribution in [0.2, 0.25) is 0 Å². The molecule has 3 rings (SSSR count). The summed E-state index contributed by atoms with van der Waals surface area (Å²) in [6.45, 7) is 8.21. The topological polar surface area (TPSA) is 59.2 Å². The second-order valence-corrected chi connectivity index (χ2v) is 8.17. The first-order chi connectivity index (χ1) is 12.0. The van der Waals surface area contributed by atoms with Gasteiger partial charge in [0.15, 0.2) is 0 Å². The number of amides is 1. The molecule has 6 heteroatoms. The molecule has 0 N–H and O–H groups in total. The van der Waals surface area contributed by atoms with Crippen molar-refractivity contribution in [1.82, 2.24) is 15.1 Å². The normalized spacial score (nSPS) is 22.0. The molecule has 134 valence electrons. The predicted octanol–water partition coefficient (Wildman–Crippen LogP) is 4.32. The quantitative estimate of drug-likeness (QED) is 0.761. The number of carbonyl (C=O) groups excluding carboxylic acids is 1. The van der Waals surface area contributed by atoms with Crippen LogP contribution in [0.3, 0.4) is 0 Å². The first kappa shape index (κ1) is 18.0. The number of benzene rings is 1. The molecule has 0 unspecified atom stereocenters. The minimum Gasteiger partial charge on any atom is -0.411 e. The first-order valence-electron chi connectivity index (χ1n) is 8.85. The van der Waals surface area contributed by atoms with Gasteiger partial charge in [-0.25, -0.2) is 0 Å². The zero-order valence-electron chi connectivity index (χ0n) is 15.2. The Hall–Kier alpha value is -1.82. The minimum absolute atomic E-state index is 0.153. The van der Waals surface area contributed by atoms with E-state index in [4.69, 9.17) is 4.42 Å². The summed E-state index contributed by atoms with van der Waals surface area (Å²) in [7, 11) is 0. The molecule has 0 spiro atoms. The van der Waals surface area contributed by atoms with Gasteiger partial charge in [0.2, 0.25) is 11.8 Å². The average Bonchev–Trinajstić information content (AvgIpc) is 3.03. The molecule has 1 fully saturated rings. The van der Waals surface area contributed by atoms with Gasteiger partial charge in [-0.2, -0.15) is 0 Å². The highest BCUT2D eigenvalue weighted by atomic mass is 32.2. The van der Waals surface area contributed by atoms with Crippen LogP contribution in [0.25, 0.3) is 11.5 Å². The molecule has 2 heterocycles. The second-order valence-electron chi connectivity index (χ2n) is 6.87. The van der Waals surface area contributed by atoms with Crippen LogP contribution >= 0.6 is 11.8 Å². The Morgan fingerprint density at radius 2 is 1.84 bits per heavy atom. The molecule has 2 aromatic rings. The molecule has 0 aliphatic carbocycles. The highest BCUT2D eigenvalue weighted by Crippen LogP contribution is 2.30. The van der Waals surface area contributed by atoms with Gasteiger partial charge in [0, 0.05) is 17.6 Å². The van der Waals surface area contributed by atoms with Crippen LogP contribution in [0, 0.1) is 6.92 Å². The molecular formula is C19H25N3O2S. The number of aryl methyl sites for hydroxylation is 1. The van der Waals surface area contributed by atoms with Crippen LogP contribution in [0.15, 0.2) is 33.9 Å². The molecule has 1 aliphatic rings. The Labute approximate surface area is 153 Å². The van der Waals surface area contributed by atoms with Crippen molar-refractivity contribution in [2.75, 3.05) is 0 Å². The lowest BCUT2D eigenvalue weighted by Gasteiger charge is -2.40. The number of carbonyl (C=O) groups is 1. The maximum absolute atomic E-state index is 12.9. The Morgan fingerprint density at radius 3 is 2.48 bits per heavy atom. The smallest absolute Gasteiger partial charge is 0.277 e. The molecule has 25 heavy (non-hydrogen) atoms. The molecule has 1 amide bonds. The van der Waals surface area contributed by atoms with Gasteiger partial charge in [0.25, 0.3) is 5.22 Å². The summed E-state index contributed by atoms with van der Waals surface area (Å²) in [4.78, 5) is 14.9. The lowest BCUT2D eigenvalue weighted by atomic mass is 9.97. The number of hydrogen-bond donors (Lipinski definition) is 0. The van der Waals surface area contributed by atoms with E-state index >= 15 is 0 Å². The third-order valence-electron chi connectivity index (χ3n) is 4.78. The average molecular weight is 359 g/mol. The zero-order valence-corrected chi connectivity index (χ0v) is 16.0. The third-order valence-corrected chi connectivity index (χ3v) is 5.70. The number of hydrogen-bond acceptors (Lipinski definition) is 5. The van der Waals surface area contributed by atoms with Gasteiger partial charge in [-0.1, -0.05) is 29.5 Å². The van der Waals surface area contributed by atoms with Gasteiger partial charge in [0.1, 0.15) is 0 Å². The third kappa shape index (κ3) is 4.06. The molecule has 1 aromatic carbocycles. The van der Waals surface area contributed by atoms with E-state index in [2.05, 4.69) is 24.0 Å². The van der Waals surface area contributed by atoms with Crippen LogP contribution in [0.4, 0.5) is 0 Å². The van der Waals surface area contributed by atoms with Crippen LogP contribution in [-0.4, -0.2) is 38.3 Å². The van der Waals surface area contributed by atoms with E-state index < -0.39 is 0 Å². The van der Waals surface area contributed by atoms with Gasteiger partial charge in [-0.15, -0.1) is 10.2 Å². The molecule has 3 atom stereocenters. The second kappa shape index (κ2) is 7.60. The summed E-state index contributed by atoms with van der Waals surface area (Å²) in [6.07, 6.45) is 3.34. The van der Waals surface area contributed by atoms with Gasteiger partial charge in [-0.05, 0) is 59.1 Å². The maximum atomic E-state index is 12.9. The van der Waals surface area contributed by atoms with E-state index in [-0.39, 0.29) is 11.2 Å². The van der Waals surface area contributed by atoms with Crippen molar-refractivity contribution in [1.29, 1.82) is 0 Å². The summed E-state index contributed by atoms with van der Waals surface area (Å²) < 4.78 is 5.74. The van der Waals surface area contributed by atoms with E-state index in [0.29, 0.717) is 23.2 Å². The Balaban J connectivity index is 1.67. The number of likely N-dealkylation sites (tertiary alicyclic amines) is 1. The Morgan fingerprint density at radius 1 is 1.20 bits per heavy atom. The van der Waals surface area contributed by atoms with E-state index in [1.807, 2.05) is 43.0 Å². The number of thioether (sulfide) groups is 1. The maximum Gasteiger partial charge on any atom is 0.277 e. The molecule has 1 aromatic heterocycles. The van der Waals surface area contributed by atoms with Crippen molar-refractivity contribution in [2.45, 2.75) is 69.5 Å². The number of aromatic nitrogens is 2. The number of nitrogens with zero attached hydrogens (tertiary/aromatic N) is 3. The molecule has 0 bridgehead atoms. The van der Waals surface area contributed by atoms with Crippen LogP contribution < -0.4 is 0 Å². The highest BCUT2D eigenvalue weighted by molar-refractivity contribution is 8.00. The highest BCUT2D eigenvalue weighted by Gasteiger charge is 2.32. The van der Waals surface area contributed by atoms with Crippen LogP contribution in [0.5, 0.6) is 0 Å². The molecule has 0 radical (unpaired) electrons. The van der Waals surface area contributed by atoms with Gasteiger partial charge < -0.3 is 9.32 Å². The Bertz CT molecular complexity index is 719. The fourth-order valence-electron chi connectivity index (χ4n) is 3.34. The summed E-state index contributed by atoms with van der Waals surface area (Å²) in [5.74, 6) is 0.640. The zero-order chi connectivity index (χ0) is 18.0. The summed E-state index contributed by atoms with van der Waals surface area (Å²) in [6, 6.07) is 8.54. The number of rotatable bonds is 4. The molecule has 1 aliphatic heterocycles. The standard InChI is InChI=1S/C19H25N3O2S/c1-12-8-10-16(11-9-12)17-20-21-19(24-17)25-15(4)18(23)22-13(2)6-5-7-14(22)3/h8-11,13-15H,5-7H2,1-4H3/t13-,14+,15-/m0/s1. The van der Waals surface area contributed by atoms with E-state index in [0.717, 1.165) is 18.4 Å². The predicted molar refractivity (Wildman–Crippen MR) is 99.4 cm³/mol. The van der Waals surface area contributed by atoms with Crippen molar-refractivity contribution in [3.05, 3.63) is 29.8 Å². The van der Waals surface area contributed by atoms with Crippen molar-refractivity contribution >= 4 is 17.7 Å². The molecular weight excluding hydrogens is 334 g/mol. The van der Waals surface area contributed by atoms with Crippen molar-refractivity contribution in [2.24, 2.45) is 0 Å². The first-order valence-corrected chi connectivity index (χ1v) is 9.73. The Kier molecular flexibility index (Phi) is 5.47. The molecule has 0 saturated carbocycles. The van der Waals surface area contributed by atoms with Gasteiger partial charge in [-0.3, -0.25) is 4.79 Å². The largest absolute Gasteiger partial charge is 0.411 e. The van der Waals surface area contributed by atoms with Crippen LogP contribution in [-0.2, 0) is 4.79 Å². The van der Waals surface area contributed by atoms with Crippen LogP contribution in [0.1, 0.15) is 45.6 Å².